The van der Waals surface area contributed by atoms with Crippen LogP contribution in [0.2, 0.25) is 0 Å². The van der Waals surface area contributed by atoms with Gasteiger partial charge >= 0.3 is 0 Å². The number of carbonyl (C=O) groups is 1. The van der Waals surface area contributed by atoms with Crippen molar-refractivity contribution in [3.63, 3.8) is 0 Å². The summed E-state index contributed by atoms with van der Waals surface area (Å²) in [4.78, 5) is 14.1. The van der Waals surface area contributed by atoms with E-state index in [1.165, 1.54) is 0 Å². The van der Waals surface area contributed by atoms with Crippen LogP contribution >= 0.6 is 0 Å². The normalized spacial score (nSPS) is 12.1. The maximum atomic E-state index is 11.3. The molecule has 1 rings (SSSR count). The van der Waals surface area contributed by atoms with Crippen LogP contribution < -0.4 is 11.1 Å². The number of rotatable bonds is 3. The number of hydrogen-bond donors (Lipinski definition) is 4. The van der Waals surface area contributed by atoms with Crippen molar-refractivity contribution in [2.24, 2.45) is 5.73 Å². The van der Waals surface area contributed by atoms with Crippen molar-refractivity contribution in [3.05, 3.63) is 24.0 Å². The Hall–Kier alpha value is -1.78. The minimum absolute atomic E-state index is 0.0556. The summed E-state index contributed by atoms with van der Waals surface area (Å²) >= 11 is 0. The molecule has 1 amide bonds. The molecule has 0 spiro atoms. The van der Waals surface area contributed by atoms with Crippen molar-refractivity contribution < 1.29 is 4.79 Å². The van der Waals surface area contributed by atoms with Crippen LogP contribution in [-0.2, 0) is 0 Å². The summed E-state index contributed by atoms with van der Waals surface area (Å²) in [6.45, 7) is 1.66. The van der Waals surface area contributed by atoms with Crippen LogP contribution in [0.5, 0.6) is 0 Å². The van der Waals surface area contributed by atoms with E-state index in [1.807, 2.05) is 0 Å². The Labute approximate surface area is 75.8 Å². The lowest BCUT2D eigenvalue weighted by Gasteiger charge is -2.10. The van der Waals surface area contributed by atoms with E-state index in [-0.39, 0.29) is 11.7 Å². The molecule has 1 atom stereocenters. The third kappa shape index (κ3) is 2.33. The second kappa shape index (κ2) is 3.75. The van der Waals surface area contributed by atoms with Gasteiger partial charge in [0.25, 0.3) is 5.91 Å². The Morgan fingerprint density at radius 2 is 2.46 bits per heavy atom. The highest BCUT2D eigenvalue weighted by molar-refractivity contribution is 5.96. The van der Waals surface area contributed by atoms with Gasteiger partial charge in [-0.15, -0.1) is 0 Å². The summed E-state index contributed by atoms with van der Waals surface area (Å²) in [5.74, 6) is -0.312. The van der Waals surface area contributed by atoms with Gasteiger partial charge in [0, 0.05) is 6.20 Å². The zero-order chi connectivity index (χ0) is 9.84. The van der Waals surface area contributed by atoms with Gasteiger partial charge in [-0.1, -0.05) is 0 Å². The number of H-pyrrole nitrogens is 1. The summed E-state index contributed by atoms with van der Waals surface area (Å²) in [6, 6.07) is 2.95. The lowest BCUT2D eigenvalue weighted by atomic mass is 10.3. The average molecular weight is 180 g/mol. The molecule has 0 saturated carbocycles. The summed E-state index contributed by atoms with van der Waals surface area (Å²) in [6.07, 6.45) is 1.66. The zero-order valence-corrected chi connectivity index (χ0v) is 7.29. The number of carbonyl (C=O) groups excluding carboxylic acids is 1. The summed E-state index contributed by atoms with van der Waals surface area (Å²) in [5.41, 5.74) is 5.66. The third-order valence-electron chi connectivity index (χ3n) is 1.66. The smallest absolute Gasteiger partial charge is 0.268 e. The first-order chi connectivity index (χ1) is 6.11. The van der Waals surface area contributed by atoms with Crippen LogP contribution in [0, 0.1) is 5.41 Å². The van der Waals surface area contributed by atoms with Crippen LogP contribution in [0.4, 0.5) is 0 Å². The van der Waals surface area contributed by atoms with Crippen molar-refractivity contribution in [1.29, 1.82) is 5.41 Å². The van der Waals surface area contributed by atoms with Gasteiger partial charge in [0.1, 0.15) is 11.5 Å². The fourth-order valence-corrected chi connectivity index (χ4v) is 0.824. The Kier molecular flexibility index (Phi) is 2.69. The molecule has 13 heavy (non-hydrogen) atoms. The summed E-state index contributed by atoms with van der Waals surface area (Å²) < 4.78 is 0. The molecule has 0 saturated heterocycles. The van der Waals surface area contributed by atoms with E-state index in [2.05, 4.69) is 10.3 Å². The van der Waals surface area contributed by atoms with Gasteiger partial charge in [0.15, 0.2) is 0 Å². The number of amides is 1. The van der Waals surface area contributed by atoms with Gasteiger partial charge < -0.3 is 16.0 Å². The lowest BCUT2D eigenvalue weighted by molar-refractivity contribution is 0.0944. The second-order valence-corrected chi connectivity index (χ2v) is 2.73. The van der Waals surface area contributed by atoms with Gasteiger partial charge in [-0.25, -0.2) is 0 Å². The van der Waals surface area contributed by atoms with Crippen molar-refractivity contribution in [2.45, 2.75) is 13.0 Å². The summed E-state index contributed by atoms with van der Waals surface area (Å²) in [5, 5.41) is 9.63. The number of nitrogens with two attached hydrogens (primary N) is 1. The largest absolute Gasteiger partial charge is 0.386 e. The number of aromatic nitrogens is 1. The van der Waals surface area contributed by atoms with E-state index >= 15 is 0 Å². The SMILES string of the molecule is CC(NC(=O)c1ccc[nH]1)C(=N)N. The molecule has 0 bridgehead atoms. The monoisotopic (exact) mass is 180 g/mol. The molecule has 0 fully saturated rings. The molecule has 0 aliphatic carbocycles. The second-order valence-electron chi connectivity index (χ2n) is 2.73. The topological polar surface area (TPSA) is 94.8 Å². The van der Waals surface area contributed by atoms with E-state index in [0.717, 1.165) is 0 Å². The van der Waals surface area contributed by atoms with Crippen LogP contribution in [0.25, 0.3) is 0 Å². The van der Waals surface area contributed by atoms with Crippen LogP contribution in [0.3, 0.4) is 0 Å². The van der Waals surface area contributed by atoms with Crippen molar-refractivity contribution in [2.75, 3.05) is 0 Å². The van der Waals surface area contributed by atoms with Crippen molar-refractivity contribution >= 4 is 11.7 Å². The molecule has 5 heteroatoms. The molecule has 1 aromatic rings. The Balaban J connectivity index is 2.56. The van der Waals surface area contributed by atoms with Gasteiger partial charge in [-0.05, 0) is 19.1 Å². The quantitative estimate of drug-likeness (QED) is 0.391. The molecule has 5 N–H and O–H groups in total. The molecule has 1 heterocycles. The molecule has 0 aliphatic heterocycles. The predicted octanol–water partition coefficient (Wildman–Crippen LogP) is 0.0690. The highest BCUT2D eigenvalue weighted by atomic mass is 16.1. The van der Waals surface area contributed by atoms with Crippen molar-refractivity contribution in [3.8, 4) is 0 Å². The fraction of sp³-hybridized carbons (Fsp3) is 0.250. The predicted molar refractivity (Wildman–Crippen MR) is 49.6 cm³/mol. The minimum atomic E-state index is -0.434. The molecular weight excluding hydrogens is 168 g/mol. The first-order valence-corrected chi connectivity index (χ1v) is 3.89. The number of hydrogen-bond acceptors (Lipinski definition) is 2. The van der Waals surface area contributed by atoms with Gasteiger partial charge in [0.2, 0.25) is 0 Å². The maximum Gasteiger partial charge on any atom is 0.268 e. The molecular formula is C8H12N4O. The van der Waals surface area contributed by atoms with Crippen LogP contribution in [0.1, 0.15) is 17.4 Å². The molecule has 1 aromatic heterocycles. The standard InChI is InChI=1S/C8H12N4O/c1-5(7(9)10)12-8(13)6-3-2-4-11-6/h2-5,11H,1H3,(H3,9,10)(H,12,13). The Bertz CT molecular complexity index is 304. The number of amidine groups is 1. The molecule has 70 valence electrons. The van der Waals surface area contributed by atoms with E-state index in [9.17, 15) is 4.79 Å². The van der Waals surface area contributed by atoms with E-state index < -0.39 is 6.04 Å². The first-order valence-electron chi connectivity index (χ1n) is 3.89. The third-order valence-corrected chi connectivity index (χ3v) is 1.66. The lowest BCUT2D eigenvalue weighted by Crippen LogP contribution is -2.41. The minimum Gasteiger partial charge on any atom is -0.386 e. The molecule has 5 nitrogen and oxygen atoms in total. The highest BCUT2D eigenvalue weighted by Crippen LogP contribution is 1.94. The van der Waals surface area contributed by atoms with E-state index in [0.29, 0.717) is 5.69 Å². The molecule has 1 unspecified atom stereocenters. The Morgan fingerprint density at radius 3 is 2.92 bits per heavy atom. The van der Waals surface area contributed by atoms with Crippen LogP contribution in [-0.4, -0.2) is 22.8 Å². The maximum absolute atomic E-state index is 11.3. The van der Waals surface area contributed by atoms with Gasteiger partial charge in [0.05, 0.1) is 6.04 Å². The van der Waals surface area contributed by atoms with E-state index in [4.69, 9.17) is 11.1 Å². The number of aromatic amines is 1. The van der Waals surface area contributed by atoms with Gasteiger partial charge in [-0.2, -0.15) is 0 Å². The Morgan fingerprint density at radius 1 is 1.77 bits per heavy atom. The molecule has 0 aliphatic rings. The fourth-order valence-electron chi connectivity index (χ4n) is 0.824. The van der Waals surface area contributed by atoms with E-state index in [1.54, 1.807) is 25.3 Å². The highest BCUT2D eigenvalue weighted by Gasteiger charge is 2.11. The molecule has 0 aromatic carbocycles. The van der Waals surface area contributed by atoms with Crippen molar-refractivity contribution in [1.82, 2.24) is 10.3 Å². The van der Waals surface area contributed by atoms with Gasteiger partial charge in [-0.3, -0.25) is 10.2 Å². The first kappa shape index (κ1) is 9.31. The average Bonchev–Trinajstić information content (AvgIpc) is 2.55. The zero-order valence-electron chi connectivity index (χ0n) is 7.29. The summed E-state index contributed by atoms with van der Waals surface area (Å²) in [7, 11) is 0. The molecule has 0 radical (unpaired) electrons. The van der Waals surface area contributed by atoms with Crippen LogP contribution in [0.15, 0.2) is 18.3 Å². The number of nitrogens with one attached hydrogen (secondary N) is 3.